The van der Waals surface area contributed by atoms with Crippen LogP contribution in [0.4, 0.5) is 0 Å². The molecule has 66 valence electrons. The quantitative estimate of drug-likeness (QED) is 0.706. The molecule has 1 aromatic carbocycles. The maximum atomic E-state index is 9.01. The Balaban J connectivity index is 2.85. The molecule has 1 atom stereocenters. The summed E-state index contributed by atoms with van der Waals surface area (Å²) < 4.78 is 0. The molecule has 0 spiro atoms. The lowest BCUT2D eigenvalue weighted by atomic mass is 10.1. The fourth-order valence-corrected chi connectivity index (χ4v) is 1.25. The summed E-state index contributed by atoms with van der Waals surface area (Å²) in [6.07, 6.45) is 0. The zero-order chi connectivity index (χ0) is 8.97. The maximum absolute atomic E-state index is 9.01. The summed E-state index contributed by atoms with van der Waals surface area (Å²) >= 11 is 0. The first-order chi connectivity index (χ1) is 5.77. The molecule has 0 aromatic heterocycles. The van der Waals surface area contributed by atoms with E-state index in [0.717, 1.165) is 5.56 Å². The van der Waals surface area contributed by atoms with Crippen LogP contribution in [0, 0.1) is 6.92 Å². The van der Waals surface area contributed by atoms with Crippen LogP contribution >= 0.6 is 0 Å². The minimum atomic E-state index is 0.0601. The summed E-state index contributed by atoms with van der Waals surface area (Å²) in [5.74, 6) is 0. The monoisotopic (exact) mass is 165 g/mol. The number of hydrogen-bond acceptors (Lipinski definition) is 2. The molecule has 2 nitrogen and oxygen atoms in total. The Morgan fingerprint density at radius 2 is 2.25 bits per heavy atom. The number of aliphatic hydroxyl groups excluding tert-OH is 1. The van der Waals surface area contributed by atoms with Crippen molar-refractivity contribution in [2.24, 2.45) is 0 Å². The second-order valence-corrected chi connectivity index (χ2v) is 2.94. The van der Waals surface area contributed by atoms with Crippen LogP contribution in [0.1, 0.15) is 17.2 Å². The molecule has 0 saturated carbocycles. The van der Waals surface area contributed by atoms with Gasteiger partial charge in [-0.25, -0.2) is 0 Å². The highest BCUT2D eigenvalue weighted by atomic mass is 16.3. The van der Waals surface area contributed by atoms with E-state index in [1.54, 1.807) is 0 Å². The molecule has 0 unspecified atom stereocenters. The van der Waals surface area contributed by atoms with Crippen LogP contribution in [0.2, 0.25) is 0 Å². The Morgan fingerprint density at radius 3 is 2.75 bits per heavy atom. The number of nitrogens with one attached hydrogen (secondary N) is 1. The molecule has 0 aliphatic rings. The van der Waals surface area contributed by atoms with Crippen LogP contribution in [0.3, 0.4) is 0 Å². The molecule has 1 aromatic rings. The number of likely N-dealkylation sites (N-methyl/N-ethyl adjacent to an activating group) is 1. The van der Waals surface area contributed by atoms with Crippen molar-refractivity contribution in [2.45, 2.75) is 13.0 Å². The van der Waals surface area contributed by atoms with E-state index in [-0.39, 0.29) is 12.6 Å². The van der Waals surface area contributed by atoms with Crippen LogP contribution in [0.25, 0.3) is 0 Å². The van der Waals surface area contributed by atoms with Gasteiger partial charge >= 0.3 is 0 Å². The third kappa shape index (κ3) is 2.06. The van der Waals surface area contributed by atoms with Gasteiger partial charge < -0.3 is 10.4 Å². The molecule has 0 heterocycles. The zero-order valence-electron chi connectivity index (χ0n) is 7.54. The van der Waals surface area contributed by atoms with Crippen LogP contribution < -0.4 is 5.32 Å². The van der Waals surface area contributed by atoms with E-state index in [1.807, 2.05) is 32.2 Å². The second kappa shape index (κ2) is 4.24. The van der Waals surface area contributed by atoms with Gasteiger partial charge in [0.1, 0.15) is 0 Å². The van der Waals surface area contributed by atoms with Crippen LogP contribution in [-0.4, -0.2) is 18.8 Å². The van der Waals surface area contributed by atoms with E-state index in [4.69, 9.17) is 5.11 Å². The first-order valence-electron chi connectivity index (χ1n) is 4.12. The van der Waals surface area contributed by atoms with Crippen molar-refractivity contribution >= 4 is 0 Å². The molecule has 2 heteroatoms. The molecule has 0 amide bonds. The number of hydrogen-bond donors (Lipinski definition) is 2. The van der Waals surface area contributed by atoms with Crippen LogP contribution in [0.15, 0.2) is 24.3 Å². The van der Waals surface area contributed by atoms with Crippen molar-refractivity contribution in [3.8, 4) is 0 Å². The lowest BCUT2D eigenvalue weighted by Crippen LogP contribution is -2.19. The number of benzene rings is 1. The van der Waals surface area contributed by atoms with Crippen molar-refractivity contribution in [1.29, 1.82) is 0 Å². The van der Waals surface area contributed by atoms with Gasteiger partial charge in [-0.3, -0.25) is 0 Å². The summed E-state index contributed by atoms with van der Waals surface area (Å²) in [6.45, 7) is 2.19. The third-order valence-corrected chi connectivity index (χ3v) is 1.98. The van der Waals surface area contributed by atoms with Gasteiger partial charge in [0.15, 0.2) is 0 Å². The van der Waals surface area contributed by atoms with Gasteiger partial charge in [-0.1, -0.05) is 29.8 Å². The molecule has 1 rings (SSSR count). The van der Waals surface area contributed by atoms with Gasteiger partial charge in [0.05, 0.1) is 12.6 Å². The lowest BCUT2D eigenvalue weighted by molar-refractivity contribution is 0.251. The van der Waals surface area contributed by atoms with Crippen molar-refractivity contribution < 1.29 is 5.11 Å². The van der Waals surface area contributed by atoms with Gasteiger partial charge in [0, 0.05) is 0 Å². The minimum absolute atomic E-state index is 0.0601. The zero-order valence-corrected chi connectivity index (χ0v) is 7.54. The number of aryl methyl sites for hydroxylation is 1. The van der Waals surface area contributed by atoms with E-state index >= 15 is 0 Å². The highest BCUT2D eigenvalue weighted by molar-refractivity contribution is 5.24. The summed E-state index contributed by atoms with van der Waals surface area (Å²) in [4.78, 5) is 0. The molecule has 0 aliphatic heterocycles. The Kier molecular flexibility index (Phi) is 3.26. The average molecular weight is 165 g/mol. The highest BCUT2D eigenvalue weighted by Gasteiger charge is 2.05. The summed E-state index contributed by atoms with van der Waals surface area (Å²) in [6, 6.07) is 8.21. The third-order valence-electron chi connectivity index (χ3n) is 1.98. The summed E-state index contributed by atoms with van der Waals surface area (Å²) in [5, 5.41) is 12.1. The van der Waals surface area contributed by atoms with Gasteiger partial charge in [-0.05, 0) is 19.5 Å². The van der Waals surface area contributed by atoms with E-state index in [0.29, 0.717) is 0 Å². The molecule has 0 aliphatic carbocycles. The lowest BCUT2D eigenvalue weighted by Gasteiger charge is -2.13. The predicted molar refractivity (Wildman–Crippen MR) is 50.1 cm³/mol. The smallest absolute Gasteiger partial charge is 0.0626 e. The van der Waals surface area contributed by atoms with E-state index in [1.165, 1.54) is 5.56 Å². The minimum Gasteiger partial charge on any atom is -0.394 e. The van der Waals surface area contributed by atoms with Crippen LogP contribution in [0.5, 0.6) is 0 Å². The standard InChI is InChI=1S/C10H15NO/c1-8-4-3-5-9(6-8)10(7-12)11-2/h3-6,10-12H,7H2,1-2H3/t10-/m1/s1. The van der Waals surface area contributed by atoms with E-state index in [2.05, 4.69) is 11.4 Å². The van der Waals surface area contributed by atoms with Crippen molar-refractivity contribution in [3.63, 3.8) is 0 Å². The van der Waals surface area contributed by atoms with Crippen molar-refractivity contribution in [2.75, 3.05) is 13.7 Å². The van der Waals surface area contributed by atoms with E-state index in [9.17, 15) is 0 Å². The second-order valence-electron chi connectivity index (χ2n) is 2.94. The van der Waals surface area contributed by atoms with Gasteiger partial charge in [0.25, 0.3) is 0 Å². The maximum Gasteiger partial charge on any atom is 0.0626 e. The Bertz CT molecular complexity index is 243. The Labute approximate surface area is 73.2 Å². The average Bonchev–Trinajstić information content (AvgIpc) is 2.07. The largest absolute Gasteiger partial charge is 0.394 e. The summed E-state index contributed by atoms with van der Waals surface area (Å²) in [7, 11) is 1.85. The predicted octanol–water partition coefficient (Wildman–Crippen LogP) is 1.25. The molecule has 0 bridgehead atoms. The van der Waals surface area contributed by atoms with Crippen molar-refractivity contribution in [1.82, 2.24) is 5.32 Å². The van der Waals surface area contributed by atoms with E-state index < -0.39 is 0 Å². The number of aliphatic hydroxyl groups is 1. The van der Waals surface area contributed by atoms with Gasteiger partial charge in [-0.2, -0.15) is 0 Å². The normalized spacial score (nSPS) is 12.9. The first kappa shape index (κ1) is 9.23. The molecule has 0 saturated heterocycles. The first-order valence-corrected chi connectivity index (χ1v) is 4.12. The molecule has 0 fully saturated rings. The Hall–Kier alpha value is -0.860. The van der Waals surface area contributed by atoms with Crippen LogP contribution in [-0.2, 0) is 0 Å². The Morgan fingerprint density at radius 1 is 1.50 bits per heavy atom. The molecule has 2 N–H and O–H groups in total. The molecular formula is C10H15NO. The molecule has 12 heavy (non-hydrogen) atoms. The topological polar surface area (TPSA) is 32.3 Å². The van der Waals surface area contributed by atoms with Gasteiger partial charge in [0.2, 0.25) is 0 Å². The fraction of sp³-hybridized carbons (Fsp3) is 0.400. The van der Waals surface area contributed by atoms with Gasteiger partial charge in [-0.15, -0.1) is 0 Å². The highest BCUT2D eigenvalue weighted by Crippen LogP contribution is 2.12. The SMILES string of the molecule is CN[C@H](CO)c1cccc(C)c1. The molecule has 0 radical (unpaired) electrons. The number of rotatable bonds is 3. The summed E-state index contributed by atoms with van der Waals surface area (Å²) in [5.41, 5.74) is 2.36. The fourth-order valence-electron chi connectivity index (χ4n) is 1.25. The molecular weight excluding hydrogens is 150 g/mol. The van der Waals surface area contributed by atoms with Crippen molar-refractivity contribution in [3.05, 3.63) is 35.4 Å².